The van der Waals surface area contributed by atoms with Gasteiger partial charge in [-0.3, -0.25) is 0 Å². The van der Waals surface area contributed by atoms with Gasteiger partial charge in [-0.05, 0) is 56.5 Å². The molecule has 3 aromatic rings. The van der Waals surface area contributed by atoms with E-state index < -0.39 is 0 Å². The van der Waals surface area contributed by atoms with Gasteiger partial charge in [-0.1, -0.05) is 40.9 Å². The molecule has 0 fully saturated rings. The molecule has 0 bridgehead atoms. The number of halogens is 2. The molecular weight excluding hydrogens is 353 g/mol. The fraction of sp³-hybridized carbons (Fsp3) is 0.250. The number of hydrogen-bond acceptors (Lipinski definition) is 2. The Balaban J connectivity index is 1.91. The van der Waals surface area contributed by atoms with E-state index in [0.29, 0.717) is 10.0 Å². The zero-order valence-electron chi connectivity index (χ0n) is 14.0. The van der Waals surface area contributed by atoms with Crippen molar-refractivity contribution in [2.45, 2.75) is 26.2 Å². The smallest absolute Gasteiger partial charge is 0.133 e. The van der Waals surface area contributed by atoms with E-state index in [1.54, 1.807) is 6.07 Å². The van der Waals surface area contributed by atoms with E-state index in [-0.39, 0.29) is 0 Å². The first kappa shape index (κ1) is 16.5. The number of nitrogens with zero attached hydrogens (tertiary/aromatic N) is 2. The quantitative estimate of drug-likeness (QED) is 0.607. The molecule has 0 unspecified atom stereocenters. The fourth-order valence-electron chi connectivity index (χ4n) is 3.27. The molecule has 1 aliphatic rings. The second kappa shape index (κ2) is 6.74. The standard InChI is InChI=1S/C20H19Cl2N3/c1-13-5-8-15(9-6-13)25-20-17(4-2-3-11-23-20)19(24-25)16-10-7-14(21)12-18(16)22/h5-10,12,23H,2-4,11H2,1H3. The molecule has 25 heavy (non-hydrogen) atoms. The lowest BCUT2D eigenvalue weighted by Crippen LogP contribution is -2.07. The predicted molar refractivity (Wildman–Crippen MR) is 105 cm³/mol. The van der Waals surface area contributed by atoms with Crippen LogP contribution >= 0.6 is 23.2 Å². The molecule has 0 spiro atoms. The second-order valence-corrected chi connectivity index (χ2v) is 7.27. The maximum Gasteiger partial charge on any atom is 0.133 e. The van der Waals surface area contributed by atoms with Gasteiger partial charge < -0.3 is 5.32 Å². The maximum atomic E-state index is 6.47. The van der Waals surface area contributed by atoms with Crippen molar-refractivity contribution in [3.05, 3.63) is 63.6 Å². The average molecular weight is 372 g/mol. The first-order valence-electron chi connectivity index (χ1n) is 8.52. The molecule has 3 nitrogen and oxygen atoms in total. The summed E-state index contributed by atoms with van der Waals surface area (Å²) < 4.78 is 2.00. The monoisotopic (exact) mass is 371 g/mol. The van der Waals surface area contributed by atoms with Gasteiger partial charge in [0, 0.05) is 22.7 Å². The molecule has 1 aromatic heterocycles. The van der Waals surface area contributed by atoms with Crippen molar-refractivity contribution in [1.82, 2.24) is 9.78 Å². The summed E-state index contributed by atoms with van der Waals surface area (Å²) in [6.45, 7) is 3.04. The Morgan fingerprint density at radius 2 is 1.84 bits per heavy atom. The molecule has 1 N–H and O–H groups in total. The van der Waals surface area contributed by atoms with Crippen molar-refractivity contribution >= 4 is 29.0 Å². The van der Waals surface area contributed by atoms with Crippen LogP contribution in [0.1, 0.15) is 24.0 Å². The number of anilines is 1. The van der Waals surface area contributed by atoms with Gasteiger partial charge in [0.05, 0.1) is 16.4 Å². The van der Waals surface area contributed by atoms with Crippen LogP contribution in [0.3, 0.4) is 0 Å². The van der Waals surface area contributed by atoms with Gasteiger partial charge in [0.15, 0.2) is 0 Å². The summed E-state index contributed by atoms with van der Waals surface area (Å²) in [5, 5.41) is 9.75. The van der Waals surface area contributed by atoms with Gasteiger partial charge in [-0.25, -0.2) is 4.68 Å². The third kappa shape index (κ3) is 3.14. The normalized spacial score (nSPS) is 13.9. The zero-order chi connectivity index (χ0) is 17.4. The summed E-state index contributed by atoms with van der Waals surface area (Å²) in [7, 11) is 0. The van der Waals surface area contributed by atoms with Gasteiger partial charge in [0.1, 0.15) is 5.82 Å². The first-order valence-corrected chi connectivity index (χ1v) is 9.27. The van der Waals surface area contributed by atoms with Gasteiger partial charge >= 0.3 is 0 Å². The summed E-state index contributed by atoms with van der Waals surface area (Å²) in [5.41, 5.74) is 5.37. The van der Waals surface area contributed by atoms with Crippen molar-refractivity contribution in [2.24, 2.45) is 0 Å². The van der Waals surface area contributed by atoms with Crippen LogP contribution < -0.4 is 5.32 Å². The summed E-state index contributed by atoms with van der Waals surface area (Å²) in [6, 6.07) is 14.0. The van der Waals surface area contributed by atoms with E-state index in [1.807, 2.05) is 16.8 Å². The number of hydrogen-bond donors (Lipinski definition) is 1. The Bertz CT molecular complexity index is 913. The SMILES string of the molecule is Cc1ccc(-n2nc(-c3ccc(Cl)cc3Cl)c3c2NCCCC3)cc1. The minimum absolute atomic E-state index is 0.633. The van der Waals surface area contributed by atoms with E-state index in [9.17, 15) is 0 Å². The Morgan fingerprint density at radius 1 is 1.04 bits per heavy atom. The Kier molecular flexibility index (Phi) is 4.45. The molecule has 0 radical (unpaired) electrons. The molecule has 4 rings (SSSR count). The zero-order valence-corrected chi connectivity index (χ0v) is 15.5. The van der Waals surface area contributed by atoms with Crippen LogP contribution in [0.5, 0.6) is 0 Å². The van der Waals surface area contributed by atoms with Crippen LogP contribution in [-0.4, -0.2) is 16.3 Å². The summed E-state index contributed by atoms with van der Waals surface area (Å²) in [4.78, 5) is 0. The van der Waals surface area contributed by atoms with Gasteiger partial charge in [-0.15, -0.1) is 0 Å². The molecule has 0 saturated heterocycles. The highest BCUT2D eigenvalue weighted by atomic mass is 35.5. The van der Waals surface area contributed by atoms with E-state index in [4.69, 9.17) is 28.3 Å². The van der Waals surface area contributed by atoms with Crippen LogP contribution in [0.2, 0.25) is 10.0 Å². The van der Waals surface area contributed by atoms with Crippen molar-refractivity contribution in [3.63, 3.8) is 0 Å². The third-order valence-electron chi connectivity index (χ3n) is 4.59. The molecule has 2 heterocycles. The Labute approximate surface area is 157 Å². The summed E-state index contributed by atoms with van der Waals surface area (Å²) in [6.07, 6.45) is 3.27. The summed E-state index contributed by atoms with van der Waals surface area (Å²) >= 11 is 12.5. The number of nitrogens with one attached hydrogen (secondary N) is 1. The maximum absolute atomic E-state index is 6.47. The third-order valence-corrected chi connectivity index (χ3v) is 5.14. The van der Waals surface area contributed by atoms with Crippen LogP contribution in [0.4, 0.5) is 5.82 Å². The highest BCUT2D eigenvalue weighted by molar-refractivity contribution is 6.36. The lowest BCUT2D eigenvalue weighted by Gasteiger charge is -2.09. The molecule has 0 aliphatic carbocycles. The van der Waals surface area contributed by atoms with E-state index in [0.717, 1.165) is 48.6 Å². The lowest BCUT2D eigenvalue weighted by atomic mass is 10.0. The van der Waals surface area contributed by atoms with Gasteiger partial charge in [-0.2, -0.15) is 5.10 Å². The summed E-state index contributed by atoms with van der Waals surface area (Å²) in [5.74, 6) is 1.07. The molecular formula is C20H19Cl2N3. The van der Waals surface area contributed by atoms with Crippen LogP contribution in [-0.2, 0) is 6.42 Å². The highest BCUT2D eigenvalue weighted by Crippen LogP contribution is 2.37. The van der Waals surface area contributed by atoms with Crippen LogP contribution in [0, 0.1) is 6.92 Å². The predicted octanol–water partition coefficient (Wildman–Crippen LogP) is 5.90. The fourth-order valence-corrected chi connectivity index (χ4v) is 3.77. The van der Waals surface area contributed by atoms with Gasteiger partial charge in [0.25, 0.3) is 0 Å². The minimum atomic E-state index is 0.633. The number of aromatic nitrogens is 2. The van der Waals surface area contributed by atoms with E-state index in [1.165, 1.54) is 11.1 Å². The molecule has 0 amide bonds. The Morgan fingerprint density at radius 3 is 2.60 bits per heavy atom. The Hall–Kier alpha value is -1.97. The molecule has 0 saturated carbocycles. The largest absolute Gasteiger partial charge is 0.370 e. The van der Waals surface area contributed by atoms with Crippen molar-refractivity contribution in [3.8, 4) is 16.9 Å². The number of aryl methyl sites for hydroxylation is 1. The molecule has 128 valence electrons. The van der Waals surface area contributed by atoms with Gasteiger partial charge in [0.2, 0.25) is 0 Å². The minimum Gasteiger partial charge on any atom is -0.370 e. The van der Waals surface area contributed by atoms with Crippen LogP contribution in [0.15, 0.2) is 42.5 Å². The lowest BCUT2D eigenvalue weighted by molar-refractivity contribution is 0.780. The first-order chi connectivity index (χ1) is 12.1. The molecule has 2 aromatic carbocycles. The topological polar surface area (TPSA) is 29.9 Å². The molecule has 0 atom stereocenters. The number of benzene rings is 2. The highest BCUT2D eigenvalue weighted by Gasteiger charge is 2.23. The molecule has 5 heteroatoms. The number of fused-ring (bicyclic) bond motifs is 1. The van der Waals surface area contributed by atoms with Crippen LogP contribution in [0.25, 0.3) is 16.9 Å². The number of rotatable bonds is 2. The van der Waals surface area contributed by atoms with E-state index in [2.05, 4.69) is 36.5 Å². The van der Waals surface area contributed by atoms with Crippen molar-refractivity contribution in [2.75, 3.05) is 11.9 Å². The van der Waals surface area contributed by atoms with E-state index >= 15 is 0 Å². The van der Waals surface area contributed by atoms with Crippen molar-refractivity contribution in [1.29, 1.82) is 0 Å². The second-order valence-electron chi connectivity index (χ2n) is 6.43. The average Bonchev–Trinajstić information content (AvgIpc) is 2.78. The molecule has 1 aliphatic heterocycles. The van der Waals surface area contributed by atoms with Crippen molar-refractivity contribution < 1.29 is 0 Å².